The van der Waals surface area contributed by atoms with E-state index in [0.29, 0.717) is 6.08 Å². The van der Waals surface area contributed by atoms with Gasteiger partial charge in [-0.3, -0.25) is 0 Å². The van der Waals surface area contributed by atoms with Crippen molar-refractivity contribution in [1.82, 2.24) is 0 Å². The molecule has 1 saturated heterocycles. The van der Waals surface area contributed by atoms with Crippen molar-refractivity contribution in [1.29, 1.82) is 0 Å². The lowest BCUT2D eigenvalue weighted by atomic mass is 10.3. The van der Waals surface area contributed by atoms with Gasteiger partial charge >= 0.3 is 12.3 Å². The Hall–Kier alpha value is -1.31. The van der Waals surface area contributed by atoms with Crippen LogP contribution in [-0.4, -0.2) is 31.8 Å². The van der Waals surface area contributed by atoms with Gasteiger partial charge in [-0.2, -0.15) is 13.2 Å². The van der Waals surface area contributed by atoms with Crippen LogP contribution in [-0.2, 0) is 14.2 Å². The molecule has 16 heavy (non-hydrogen) atoms. The lowest BCUT2D eigenvalue weighted by molar-refractivity contribution is -0.125. The van der Waals surface area contributed by atoms with Crippen molar-refractivity contribution < 1.29 is 36.6 Å². The molecular formula is C8H8F4O4. The van der Waals surface area contributed by atoms with E-state index < -0.39 is 37.5 Å². The van der Waals surface area contributed by atoms with Crippen LogP contribution in [0.15, 0.2) is 11.9 Å². The minimum absolute atomic E-state index is 0.203. The molecule has 0 aliphatic carbocycles. The van der Waals surface area contributed by atoms with E-state index in [4.69, 9.17) is 0 Å². The Balaban J connectivity index is 2.24. The van der Waals surface area contributed by atoms with E-state index in [1.54, 1.807) is 0 Å². The second-order valence-electron chi connectivity index (χ2n) is 2.89. The number of alkyl halides is 3. The van der Waals surface area contributed by atoms with Crippen LogP contribution in [0.2, 0.25) is 0 Å². The fraction of sp³-hybridized carbons (Fsp3) is 0.625. The van der Waals surface area contributed by atoms with Crippen molar-refractivity contribution in [3.63, 3.8) is 0 Å². The average molecular weight is 244 g/mol. The first-order chi connectivity index (χ1) is 7.37. The predicted octanol–water partition coefficient (Wildman–Crippen LogP) is 2.30. The first kappa shape index (κ1) is 12.8. The molecule has 0 aromatic rings. The number of allylic oxidation sites excluding steroid dienone is 1. The monoisotopic (exact) mass is 244 g/mol. The summed E-state index contributed by atoms with van der Waals surface area (Å²) in [5, 5.41) is 0. The third-order valence-corrected chi connectivity index (χ3v) is 1.53. The summed E-state index contributed by atoms with van der Waals surface area (Å²) in [5.74, 6) is -1.08. The Morgan fingerprint density at radius 3 is 2.75 bits per heavy atom. The van der Waals surface area contributed by atoms with Gasteiger partial charge in [0.2, 0.25) is 6.29 Å². The van der Waals surface area contributed by atoms with Gasteiger partial charge in [0, 0.05) is 0 Å². The maximum absolute atomic E-state index is 12.7. The number of halogens is 4. The fourth-order valence-electron chi connectivity index (χ4n) is 0.852. The lowest BCUT2D eigenvalue weighted by Crippen LogP contribution is -2.16. The number of hydrogen-bond acceptors (Lipinski definition) is 4. The molecule has 0 aromatic heterocycles. The molecule has 1 heterocycles. The van der Waals surface area contributed by atoms with E-state index in [9.17, 15) is 22.4 Å². The van der Waals surface area contributed by atoms with Gasteiger partial charge in [0.15, 0.2) is 6.61 Å². The van der Waals surface area contributed by atoms with Crippen LogP contribution in [0, 0.1) is 0 Å². The molecule has 0 aromatic carbocycles. The summed E-state index contributed by atoms with van der Waals surface area (Å²) in [6.07, 6.45) is -7.50. The van der Waals surface area contributed by atoms with Crippen LogP contribution < -0.4 is 0 Å². The van der Waals surface area contributed by atoms with Crippen molar-refractivity contribution in [3.05, 3.63) is 11.9 Å². The van der Waals surface area contributed by atoms with Gasteiger partial charge in [-0.15, -0.1) is 0 Å². The topological polar surface area (TPSA) is 44.8 Å². The van der Waals surface area contributed by atoms with Crippen molar-refractivity contribution in [2.45, 2.75) is 18.9 Å². The Morgan fingerprint density at radius 2 is 2.25 bits per heavy atom. The third kappa shape index (κ3) is 4.96. The largest absolute Gasteiger partial charge is 0.510 e. The summed E-state index contributed by atoms with van der Waals surface area (Å²) in [5.41, 5.74) is 0. The SMILES string of the molecule is O=C1OCC(OC/C(F)=C\CC(F)(F)F)O1. The normalized spacial score (nSPS) is 21.9. The average Bonchev–Trinajstić information content (AvgIpc) is 2.57. The molecule has 4 nitrogen and oxygen atoms in total. The van der Waals surface area contributed by atoms with Gasteiger partial charge in [-0.25, -0.2) is 9.18 Å². The Labute approximate surface area is 87.8 Å². The molecule has 1 fully saturated rings. The van der Waals surface area contributed by atoms with E-state index in [1.165, 1.54) is 0 Å². The molecule has 1 unspecified atom stereocenters. The smallest absolute Gasteiger partial charge is 0.428 e. The highest BCUT2D eigenvalue weighted by molar-refractivity contribution is 5.61. The highest BCUT2D eigenvalue weighted by Crippen LogP contribution is 2.21. The van der Waals surface area contributed by atoms with E-state index in [2.05, 4.69) is 14.2 Å². The Kier molecular flexibility index (Phi) is 4.11. The standard InChI is InChI=1S/C8H8F4O4/c9-5(1-2-8(10,11)12)3-14-6-4-15-7(13)16-6/h1,6H,2-4H2/b5-1+. The Morgan fingerprint density at radius 1 is 1.56 bits per heavy atom. The number of cyclic esters (lactones) is 2. The minimum atomic E-state index is -4.46. The van der Waals surface area contributed by atoms with Crippen molar-refractivity contribution in [2.24, 2.45) is 0 Å². The van der Waals surface area contributed by atoms with Crippen LogP contribution in [0.25, 0.3) is 0 Å². The molecular weight excluding hydrogens is 236 g/mol. The summed E-state index contributed by atoms with van der Waals surface area (Å²) in [4.78, 5) is 10.4. The summed E-state index contributed by atoms with van der Waals surface area (Å²) in [6, 6.07) is 0. The summed E-state index contributed by atoms with van der Waals surface area (Å²) >= 11 is 0. The number of rotatable bonds is 4. The second-order valence-corrected chi connectivity index (χ2v) is 2.89. The van der Waals surface area contributed by atoms with Gasteiger partial charge < -0.3 is 14.2 Å². The van der Waals surface area contributed by atoms with E-state index >= 15 is 0 Å². The first-order valence-corrected chi connectivity index (χ1v) is 4.23. The molecule has 1 aliphatic rings. The third-order valence-electron chi connectivity index (χ3n) is 1.53. The molecule has 92 valence electrons. The molecule has 0 radical (unpaired) electrons. The number of carbonyl (C=O) groups is 1. The molecule has 0 N–H and O–H groups in total. The second kappa shape index (κ2) is 5.15. The van der Waals surface area contributed by atoms with Gasteiger partial charge in [0.1, 0.15) is 12.4 Å². The van der Waals surface area contributed by atoms with Crippen molar-refractivity contribution in [3.8, 4) is 0 Å². The van der Waals surface area contributed by atoms with Gasteiger partial charge in [-0.05, 0) is 6.08 Å². The maximum Gasteiger partial charge on any atom is 0.510 e. The molecule has 0 amide bonds. The Bertz CT molecular complexity index is 286. The van der Waals surface area contributed by atoms with E-state index in [-0.39, 0.29) is 6.61 Å². The number of carbonyl (C=O) groups excluding carboxylic acids is 1. The highest BCUT2D eigenvalue weighted by Gasteiger charge is 2.27. The molecule has 0 bridgehead atoms. The molecule has 1 aliphatic heterocycles. The molecule has 0 saturated carbocycles. The van der Waals surface area contributed by atoms with Crippen LogP contribution in [0.5, 0.6) is 0 Å². The number of hydrogen-bond donors (Lipinski definition) is 0. The maximum atomic E-state index is 12.7. The minimum Gasteiger partial charge on any atom is -0.428 e. The van der Waals surface area contributed by atoms with E-state index in [0.717, 1.165) is 0 Å². The molecule has 1 rings (SSSR count). The quantitative estimate of drug-likeness (QED) is 0.562. The zero-order chi connectivity index (χ0) is 12.2. The van der Waals surface area contributed by atoms with E-state index in [1.807, 2.05) is 0 Å². The predicted molar refractivity (Wildman–Crippen MR) is 42.0 cm³/mol. The molecule has 1 atom stereocenters. The van der Waals surface area contributed by atoms with Crippen molar-refractivity contribution >= 4 is 6.16 Å². The lowest BCUT2D eigenvalue weighted by Gasteiger charge is -2.07. The summed E-state index contributed by atoms with van der Waals surface area (Å²) < 4.78 is 61.0. The van der Waals surface area contributed by atoms with Crippen LogP contribution in [0.1, 0.15) is 6.42 Å². The van der Waals surface area contributed by atoms with Gasteiger partial charge in [0.05, 0.1) is 6.42 Å². The fourth-order valence-corrected chi connectivity index (χ4v) is 0.852. The summed E-state index contributed by atoms with van der Waals surface area (Å²) in [6.45, 7) is -0.900. The van der Waals surface area contributed by atoms with Gasteiger partial charge in [0.25, 0.3) is 0 Å². The van der Waals surface area contributed by atoms with Crippen LogP contribution in [0.3, 0.4) is 0 Å². The molecule has 8 heteroatoms. The van der Waals surface area contributed by atoms with Crippen molar-refractivity contribution in [2.75, 3.05) is 13.2 Å². The summed E-state index contributed by atoms with van der Waals surface area (Å²) in [7, 11) is 0. The number of ether oxygens (including phenoxy) is 3. The zero-order valence-corrected chi connectivity index (χ0v) is 7.92. The zero-order valence-electron chi connectivity index (χ0n) is 7.92. The van der Waals surface area contributed by atoms with Crippen LogP contribution in [0.4, 0.5) is 22.4 Å². The highest BCUT2D eigenvalue weighted by atomic mass is 19.4. The first-order valence-electron chi connectivity index (χ1n) is 4.23. The molecule has 0 spiro atoms. The van der Waals surface area contributed by atoms with Gasteiger partial charge in [-0.1, -0.05) is 0 Å². The van der Waals surface area contributed by atoms with Crippen LogP contribution >= 0.6 is 0 Å².